The van der Waals surface area contributed by atoms with Gasteiger partial charge in [-0.25, -0.2) is 9.18 Å². The molecule has 3 rings (SSSR count). The van der Waals surface area contributed by atoms with Gasteiger partial charge in [-0.05, 0) is 61.9 Å². The van der Waals surface area contributed by atoms with Crippen molar-refractivity contribution in [1.82, 2.24) is 9.80 Å². The molecular weight excluding hydrogens is 391 g/mol. The standard InChI is InChI=1S/C22H23FN2O5/c1-2-29-22(28)30-19-10-6-17(7-11-19)21(27)25-13-3-12-24(14-15-25)20(26)16-4-8-18(23)9-5-16/h4-11H,2-3,12-15H2,1H3. The smallest absolute Gasteiger partial charge is 0.434 e. The molecule has 0 radical (unpaired) electrons. The molecule has 1 aliphatic rings. The molecule has 1 aliphatic heterocycles. The van der Waals surface area contributed by atoms with E-state index < -0.39 is 12.0 Å². The van der Waals surface area contributed by atoms with Gasteiger partial charge in [-0.2, -0.15) is 0 Å². The fourth-order valence-electron chi connectivity index (χ4n) is 3.19. The molecule has 2 aromatic rings. The van der Waals surface area contributed by atoms with Crippen molar-refractivity contribution in [2.45, 2.75) is 13.3 Å². The number of carbonyl (C=O) groups excluding carboxylic acids is 3. The molecular formula is C22H23FN2O5. The fraction of sp³-hybridized carbons (Fsp3) is 0.318. The van der Waals surface area contributed by atoms with Gasteiger partial charge in [-0.15, -0.1) is 0 Å². The zero-order chi connectivity index (χ0) is 21.5. The predicted molar refractivity (Wildman–Crippen MR) is 107 cm³/mol. The molecule has 0 aromatic heterocycles. The van der Waals surface area contributed by atoms with Crippen molar-refractivity contribution < 1.29 is 28.2 Å². The predicted octanol–water partition coefficient (Wildman–Crippen LogP) is 3.35. The quantitative estimate of drug-likeness (QED) is 0.567. The third-order valence-corrected chi connectivity index (χ3v) is 4.73. The number of halogens is 1. The first-order valence-corrected chi connectivity index (χ1v) is 9.76. The minimum absolute atomic E-state index is 0.159. The molecule has 0 unspecified atom stereocenters. The minimum Gasteiger partial charge on any atom is -0.434 e. The Morgan fingerprint density at radius 3 is 1.83 bits per heavy atom. The van der Waals surface area contributed by atoms with E-state index in [2.05, 4.69) is 0 Å². The first kappa shape index (κ1) is 21.3. The third kappa shape index (κ3) is 5.34. The van der Waals surface area contributed by atoms with Crippen LogP contribution < -0.4 is 4.74 Å². The lowest BCUT2D eigenvalue weighted by atomic mass is 10.2. The summed E-state index contributed by atoms with van der Waals surface area (Å²) in [4.78, 5) is 40.2. The van der Waals surface area contributed by atoms with Crippen molar-refractivity contribution in [2.75, 3.05) is 32.8 Å². The highest BCUT2D eigenvalue weighted by Gasteiger charge is 2.23. The van der Waals surface area contributed by atoms with Crippen molar-refractivity contribution in [2.24, 2.45) is 0 Å². The van der Waals surface area contributed by atoms with Gasteiger partial charge in [0.2, 0.25) is 0 Å². The molecule has 30 heavy (non-hydrogen) atoms. The molecule has 2 amide bonds. The van der Waals surface area contributed by atoms with Gasteiger partial charge < -0.3 is 19.3 Å². The maximum absolute atomic E-state index is 13.1. The van der Waals surface area contributed by atoms with Crippen LogP contribution in [0.2, 0.25) is 0 Å². The third-order valence-electron chi connectivity index (χ3n) is 4.73. The van der Waals surface area contributed by atoms with Gasteiger partial charge in [0.05, 0.1) is 6.61 Å². The van der Waals surface area contributed by atoms with Crippen LogP contribution in [-0.2, 0) is 4.74 Å². The minimum atomic E-state index is -0.796. The topological polar surface area (TPSA) is 76.2 Å². The SMILES string of the molecule is CCOC(=O)Oc1ccc(C(=O)N2CCCN(C(=O)c3ccc(F)cc3)CC2)cc1. The van der Waals surface area contributed by atoms with Crippen LogP contribution in [0.15, 0.2) is 48.5 Å². The van der Waals surface area contributed by atoms with Crippen LogP contribution in [0.25, 0.3) is 0 Å². The second-order valence-electron chi connectivity index (χ2n) is 6.75. The van der Waals surface area contributed by atoms with E-state index in [1.807, 2.05) is 0 Å². The van der Waals surface area contributed by atoms with Gasteiger partial charge in [-0.1, -0.05) is 0 Å². The van der Waals surface area contributed by atoms with Crippen LogP contribution in [0.5, 0.6) is 5.75 Å². The summed E-state index contributed by atoms with van der Waals surface area (Å²) in [6.07, 6.45) is -0.155. The van der Waals surface area contributed by atoms with E-state index in [4.69, 9.17) is 9.47 Å². The Balaban J connectivity index is 1.59. The molecule has 1 fully saturated rings. The van der Waals surface area contributed by atoms with Crippen molar-refractivity contribution in [3.8, 4) is 5.75 Å². The summed E-state index contributed by atoms with van der Waals surface area (Å²) in [6, 6.07) is 11.7. The second kappa shape index (κ2) is 9.87. The Hall–Kier alpha value is -3.42. The van der Waals surface area contributed by atoms with Gasteiger partial charge in [0.25, 0.3) is 11.8 Å². The lowest BCUT2D eigenvalue weighted by Gasteiger charge is -2.22. The van der Waals surface area contributed by atoms with Crippen LogP contribution in [0.1, 0.15) is 34.1 Å². The van der Waals surface area contributed by atoms with Crippen molar-refractivity contribution in [3.05, 3.63) is 65.5 Å². The van der Waals surface area contributed by atoms with Crippen LogP contribution >= 0.6 is 0 Å². The highest BCUT2D eigenvalue weighted by atomic mass is 19.1. The molecule has 1 saturated heterocycles. The van der Waals surface area contributed by atoms with Crippen LogP contribution in [-0.4, -0.2) is 60.6 Å². The fourth-order valence-corrected chi connectivity index (χ4v) is 3.19. The molecule has 0 spiro atoms. The molecule has 0 atom stereocenters. The Kier molecular flexibility index (Phi) is 7.00. The highest BCUT2D eigenvalue weighted by Crippen LogP contribution is 2.16. The van der Waals surface area contributed by atoms with Crippen molar-refractivity contribution in [1.29, 1.82) is 0 Å². The average molecular weight is 414 g/mol. The van der Waals surface area contributed by atoms with E-state index in [0.717, 1.165) is 0 Å². The molecule has 2 aromatic carbocycles. The Morgan fingerprint density at radius 1 is 0.833 bits per heavy atom. The van der Waals surface area contributed by atoms with E-state index >= 15 is 0 Å². The molecule has 0 N–H and O–H groups in total. The van der Waals surface area contributed by atoms with E-state index in [9.17, 15) is 18.8 Å². The summed E-state index contributed by atoms with van der Waals surface area (Å²) >= 11 is 0. The monoisotopic (exact) mass is 414 g/mol. The number of benzene rings is 2. The first-order valence-electron chi connectivity index (χ1n) is 9.76. The van der Waals surface area contributed by atoms with Gasteiger partial charge in [0.15, 0.2) is 0 Å². The Morgan fingerprint density at radius 2 is 1.33 bits per heavy atom. The number of rotatable bonds is 4. The molecule has 158 valence electrons. The number of carbonyl (C=O) groups is 3. The molecule has 0 bridgehead atoms. The van der Waals surface area contributed by atoms with E-state index in [1.165, 1.54) is 36.4 Å². The zero-order valence-electron chi connectivity index (χ0n) is 16.7. The summed E-state index contributed by atoms with van der Waals surface area (Å²) in [5.74, 6) is -0.437. The maximum atomic E-state index is 13.1. The lowest BCUT2D eigenvalue weighted by Crippen LogP contribution is -2.37. The van der Waals surface area contributed by atoms with Gasteiger partial charge in [-0.3, -0.25) is 9.59 Å². The zero-order valence-corrected chi connectivity index (χ0v) is 16.7. The molecule has 8 heteroatoms. The first-order chi connectivity index (χ1) is 14.5. The van der Waals surface area contributed by atoms with E-state index in [0.29, 0.717) is 43.7 Å². The summed E-state index contributed by atoms with van der Waals surface area (Å²) < 4.78 is 22.8. The van der Waals surface area contributed by atoms with Crippen molar-refractivity contribution in [3.63, 3.8) is 0 Å². The summed E-state index contributed by atoms with van der Waals surface area (Å²) in [6.45, 7) is 3.72. The number of amides is 2. The number of hydrogen-bond acceptors (Lipinski definition) is 5. The molecule has 0 aliphatic carbocycles. The molecule has 1 heterocycles. The Bertz CT molecular complexity index is 899. The number of hydrogen-bond donors (Lipinski definition) is 0. The largest absolute Gasteiger partial charge is 0.513 e. The summed E-state index contributed by atoms with van der Waals surface area (Å²) in [7, 11) is 0. The normalized spacial score (nSPS) is 14.1. The summed E-state index contributed by atoms with van der Waals surface area (Å²) in [5, 5.41) is 0. The second-order valence-corrected chi connectivity index (χ2v) is 6.75. The lowest BCUT2D eigenvalue weighted by molar-refractivity contribution is 0.0718. The molecule has 0 saturated carbocycles. The number of ether oxygens (including phenoxy) is 2. The highest BCUT2D eigenvalue weighted by molar-refractivity contribution is 5.95. The van der Waals surface area contributed by atoms with Crippen LogP contribution in [0.3, 0.4) is 0 Å². The summed E-state index contributed by atoms with van der Waals surface area (Å²) in [5.41, 5.74) is 0.887. The number of nitrogens with zero attached hydrogens (tertiary/aromatic N) is 2. The van der Waals surface area contributed by atoms with Crippen LogP contribution in [0.4, 0.5) is 9.18 Å². The van der Waals surface area contributed by atoms with Gasteiger partial charge in [0, 0.05) is 37.3 Å². The Labute approximate surface area is 174 Å². The van der Waals surface area contributed by atoms with Crippen LogP contribution in [0, 0.1) is 5.82 Å². The van der Waals surface area contributed by atoms with Gasteiger partial charge in [0.1, 0.15) is 11.6 Å². The van der Waals surface area contributed by atoms with Crippen molar-refractivity contribution >= 4 is 18.0 Å². The average Bonchev–Trinajstić information content (AvgIpc) is 3.00. The van der Waals surface area contributed by atoms with E-state index in [-0.39, 0.29) is 24.2 Å². The maximum Gasteiger partial charge on any atom is 0.513 e. The van der Waals surface area contributed by atoms with Gasteiger partial charge >= 0.3 is 6.16 Å². The molecule has 7 nitrogen and oxygen atoms in total. The van der Waals surface area contributed by atoms with E-state index in [1.54, 1.807) is 28.9 Å².